The summed E-state index contributed by atoms with van der Waals surface area (Å²) in [5.41, 5.74) is 0. The summed E-state index contributed by atoms with van der Waals surface area (Å²) < 4.78 is 0. The molecule has 2 unspecified atom stereocenters. The van der Waals surface area contributed by atoms with E-state index in [1.54, 1.807) is 9.80 Å². The van der Waals surface area contributed by atoms with Gasteiger partial charge in [0.15, 0.2) is 0 Å². The quantitative estimate of drug-likeness (QED) is 0.846. The number of rotatable bonds is 3. The zero-order valence-electron chi connectivity index (χ0n) is 12.6. The Kier molecular flexibility index (Phi) is 5.20. The molecule has 0 spiro atoms. The van der Waals surface area contributed by atoms with Crippen LogP contribution in [0.1, 0.15) is 45.4 Å². The van der Waals surface area contributed by atoms with E-state index in [0.29, 0.717) is 25.8 Å². The van der Waals surface area contributed by atoms with Gasteiger partial charge in [0.2, 0.25) is 11.8 Å². The largest absolute Gasteiger partial charge is 0.481 e. The Morgan fingerprint density at radius 2 is 2.00 bits per heavy atom. The second-order valence-corrected chi connectivity index (χ2v) is 6.13. The molecule has 2 aliphatic heterocycles. The third-order valence-corrected chi connectivity index (χ3v) is 4.55. The zero-order valence-corrected chi connectivity index (χ0v) is 12.6. The molecule has 0 radical (unpaired) electrons. The highest BCUT2D eigenvalue weighted by atomic mass is 16.4. The predicted molar refractivity (Wildman–Crippen MR) is 76.6 cm³/mol. The van der Waals surface area contributed by atoms with Crippen LogP contribution >= 0.6 is 0 Å². The summed E-state index contributed by atoms with van der Waals surface area (Å²) in [6.45, 7) is 2.93. The minimum atomic E-state index is -0.842. The van der Waals surface area contributed by atoms with Crippen molar-refractivity contribution in [3.8, 4) is 0 Å². The topological polar surface area (TPSA) is 77.9 Å². The lowest BCUT2D eigenvalue weighted by Gasteiger charge is -2.37. The van der Waals surface area contributed by atoms with Crippen molar-refractivity contribution in [3.05, 3.63) is 0 Å². The van der Waals surface area contributed by atoms with E-state index in [2.05, 4.69) is 0 Å². The van der Waals surface area contributed by atoms with E-state index in [-0.39, 0.29) is 30.9 Å². The van der Waals surface area contributed by atoms with Crippen molar-refractivity contribution in [1.29, 1.82) is 0 Å². The van der Waals surface area contributed by atoms with Crippen LogP contribution in [0.4, 0.5) is 0 Å². The highest BCUT2D eigenvalue weighted by molar-refractivity contribution is 5.85. The van der Waals surface area contributed by atoms with Crippen LogP contribution in [0, 0.1) is 5.92 Å². The van der Waals surface area contributed by atoms with Crippen LogP contribution in [-0.4, -0.2) is 58.4 Å². The number of carboxylic acids is 1. The fourth-order valence-corrected chi connectivity index (χ4v) is 3.12. The molecule has 2 heterocycles. The molecule has 0 aromatic rings. The molecule has 0 bridgehead atoms. The molecule has 1 N–H and O–H groups in total. The molecule has 0 aliphatic carbocycles. The Morgan fingerprint density at radius 3 is 2.71 bits per heavy atom. The molecule has 0 saturated carbocycles. The van der Waals surface area contributed by atoms with E-state index in [1.165, 1.54) is 0 Å². The normalized spacial score (nSPS) is 27.4. The van der Waals surface area contributed by atoms with Gasteiger partial charge in [-0.3, -0.25) is 14.4 Å². The maximum atomic E-state index is 12.4. The Morgan fingerprint density at radius 1 is 1.24 bits per heavy atom. The maximum absolute atomic E-state index is 12.4. The third-order valence-electron chi connectivity index (χ3n) is 4.55. The van der Waals surface area contributed by atoms with E-state index in [1.807, 2.05) is 6.92 Å². The van der Waals surface area contributed by atoms with Gasteiger partial charge in [0.25, 0.3) is 0 Å². The molecule has 2 fully saturated rings. The number of aliphatic carboxylic acids is 1. The first-order valence-corrected chi connectivity index (χ1v) is 7.79. The smallest absolute Gasteiger partial charge is 0.308 e. The number of carbonyl (C=O) groups is 3. The summed E-state index contributed by atoms with van der Waals surface area (Å²) >= 11 is 0. The van der Waals surface area contributed by atoms with Crippen LogP contribution in [0.25, 0.3) is 0 Å². The second-order valence-electron chi connectivity index (χ2n) is 6.13. The Balaban J connectivity index is 1.97. The summed E-state index contributed by atoms with van der Waals surface area (Å²) in [5, 5.41) is 9.12. The van der Waals surface area contributed by atoms with Crippen LogP contribution in [0.5, 0.6) is 0 Å². The number of amides is 2. The predicted octanol–water partition coefficient (Wildman–Crippen LogP) is 1.10. The lowest BCUT2D eigenvalue weighted by atomic mass is 9.93. The maximum Gasteiger partial charge on any atom is 0.308 e. The summed E-state index contributed by atoms with van der Waals surface area (Å²) in [6, 6.07) is 0.0511. The fourth-order valence-electron chi connectivity index (χ4n) is 3.12. The molecule has 21 heavy (non-hydrogen) atoms. The molecular formula is C15H24N2O4. The first-order valence-electron chi connectivity index (χ1n) is 7.79. The van der Waals surface area contributed by atoms with Gasteiger partial charge in [0.1, 0.15) is 0 Å². The van der Waals surface area contributed by atoms with Gasteiger partial charge in [0, 0.05) is 25.6 Å². The van der Waals surface area contributed by atoms with Crippen LogP contribution in [0.15, 0.2) is 0 Å². The number of piperidine rings is 1. The number of nitrogens with zero attached hydrogens (tertiary/aromatic N) is 2. The van der Waals surface area contributed by atoms with Gasteiger partial charge >= 0.3 is 5.97 Å². The second kappa shape index (κ2) is 6.91. The van der Waals surface area contributed by atoms with Crippen LogP contribution in [0.3, 0.4) is 0 Å². The monoisotopic (exact) mass is 296 g/mol. The minimum Gasteiger partial charge on any atom is -0.481 e. The molecule has 6 heteroatoms. The lowest BCUT2D eigenvalue weighted by molar-refractivity contribution is -0.149. The van der Waals surface area contributed by atoms with Crippen molar-refractivity contribution < 1.29 is 19.5 Å². The van der Waals surface area contributed by atoms with Gasteiger partial charge in [-0.25, -0.2) is 0 Å². The molecular weight excluding hydrogens is 272 g/mol. The van der Waals surface area contributed by atoms with Gasteiger partial charge in [-0.15, -0.1) is 0 Å². The molecule has 2 saturated heterocycles. The number of carboxylic acid groups (broad SMARTS) is 1. The summed E-state index contributed by atoms with van der Waals surface area (Å²) in [4.78, 5) is 38.8. The van der Waals surface area contributed by atoms with Crippen LogP contribution < -0.4 is 0 Å². The van der Waals surface area contributed by atoms with E-state index in [9.17, 15) is 14.4 Å². The van der Waals surface area contributed by atoms with Crippen LogP contribution in [0.2, 0.25) is 0 Å². The number of carbonyl (C=O) groups excluding carboxylic acids is 2. The molecule has 0 aromatic heterocycles. The minimum absolute atomic E-state index is 0.0419. The molecule has 0 aromatic carbocycles. The molecule has 2 atom stereocenters. The van der Waals surface area contributed by atoms with Crippen molar-refractivity contribution in [2.45, 2.75) is 51.5 Å². The first kappa shape index (κ1) is 15.8. The van der Waals surface area contributed by atoms with Gasteiger partial charge in [-0.1, -0.05) is 6.42 Å². The van der Waals surface area contributed by atoms with Crippen molar-refractivity contribution in [2.75, 3.05) is 19.6 Å². The van der Waals surface area contributed by atoms with Gasteiger partial charge in [0.05, 0.1) is 12.5 Å². The molecule has 2 amide bonds. The van der Waals surface area contributed by atoms with E-state index in [0.717, 1.165) is 19.3 Å². The van der Waals surface area contributed by atoms with Crippen LogP contribution in [-0.2, 0) is 14.4 Å². The molecule has 2 aliphatic rings. The molecule has 6 nitrogen and oxygen atoms in total. The standard InChI is InChI=1S/C15H24N2O4/c1-11-6-7-12(15(20)21)9-17(11)14(19)10-16-8-4-2-3-5-13(16)18/h11-12H,2-10H2,1H3,(H,20,21). The Labute approximate surface area is 125 Å². The highest BCUT2D eigenvalue weighted by Gasteiger charge is 2.33. The van der Waals surface area contributed by atoms with Crippen molar-refractivity contribution in [3.63, 3.8) is 0 Å². The van der Waals surface area contributed by atoms with E-state index < -0.39 is 11.9 Å². The number of hydrogen-bond donors (Lipinski definition) is 1. The Bertz CT molecular complexity index is 424. The third kappa shape index (κ3) is 3.95. The SMILES string of the molecule is CC1CCC(C(=O)O)CN1C(=O)CN1CCCCCC1=O. The van der Waals surface area contributed by atoms with Gasteiger partial charge in [-0.2, -0.15) is 0 Å². The highest BCUT2D eigenvalue weighted by Crippen LogP contribution is 2.22. The summed E-state index contributed by atoms with van der Waals surface area (Å²) in [7, 11) is 0. The number of likely N-dealkylation sites (tertiary alicyclic amines) is 2. The molecule has 2 rings (SSSR count). The van der Waals surface area contributed by atoms with E-state index in [4.69, 9.17) is 5.11 Å². The first-order chi connectivity index (χ1) is 9.99. The van der Waals surface area contributed by atoms with Gasteiger partial charge in [-0.05, 0) is 32.6 Å². The lowest BCUT2D eigenvalue weighted by Crippen LogP contribution is -2.51. The van der Waals surface area contributed by atoms with E-state index >= 15 is 0 Å². The number of hydrogen-bond acceptors (Lipinski definition) is 3. The van der Waals surface area contributed by atoms with Gasteiger partial charge < -0.3 is 14.9 Å². The average molecular weight is 296 g/mol. The zero-order chi connectivity index (χ0) is 15.4. The average Bonchev–Trinajstić information content (AvgIpc) is 2.64. The summed E-state index contributed by atoms with van der Waals surface area (Å²) in [6.07, 6.45) is 4.69. The van der Waals surface area contributed by atoms with Crippen molar-refractivity contribution in [2.24, 2.45) is 5.92 Å². The fraction of sp³-hybridized carbons (Fsp3) is 0.800. The summed E-state index contributed by atoms with van der Waals surface area (Å²) in [5.74, 6) is -1.40. The van der Waals surface area contributed by atoms with Crippen molar-refractivity contribution >= 4 is 17.8 Å². The van der Waals surface area contributed by atoms with Crippen molar-refractivity contribution in [1.82, 2.24) is 9.80 Å². The molecule has 118 valence electrons. The Hall–Kier alpha value is -1.59.